The van der Waals surface area contributed by atoms with Crippen molar-refractivity contribution in [1.29, 1.82) is 5.26 Å². The Labute approximate surface area is 119 Å². The van der Waals surface area contributed by atoms with E-state index in [-0.39, 0.29) is 6.54 Å². The van der Waals surface area contributed by atoms with E-state index in [1.807, 2.05) is 31.2 Å². The van der Waals surface area contributed by atoms with Crippen LogP contribution in [0.2, 0.25) is 0 Å². The largest absolute Gasteiger partial charge is 0.444 e. The van der Waals surface area contributed by atoms with Gasteiger partial charge < -0.3 is 15.4 Å². The summed E-state index contributed by atoms with van der Waals surface area (Å²) in [4.78, 5) is 11.5. The predicted molar refractivity (Wildman–Crippen MR) is 78.4 cm³/mol. The molecule has 108 valence electrons. The summed E-state index contributed by atoms with van der Waals surface area (Å²) in [6, 6.07) is 9.28. The quantitative estimate of drug-likeness (QED) is 0.886. The van der Waals surface area contributed by atoms with E-state index in [0.717, 1.165) is 11.3 Å². The Morgan fingerprint density at radius 3 is 2.60 bits per heavy atom. The van der Waals surface area contributed by atoms with Crippen molar-refractivity contribution in [2.24, 2.45) is 0 Å². The lowest BCUT2D eigenvalue weighted by Gasteiger charge is -2.21. The van der Waals surface area contributed by atoms with Crippen LogP contribution in [0.3, 0.4) is 0 Å². The second-order valence-corrected chi connectivity index (χ2v) is 5.52. The van der Waals surface area contributed by atoms with Crippen molar-refractivity contribution in [3.63, 3.8) is 0 Å². The molecule has 0 bridgehead atoms. The normalized spacial score (nSPS) is 12.2. The maximum Gasteiger partial charge on any atom is 0.407 e. The summed E-state index contributed by atoms with van der Waals surface area (Å²) >= 11 is 0. The Bertz CT molecular complexity index is 501. The molecule has 1 unspecified atom stereocenters. The Kier molecular flexibility index (Phi) is 5.39. The molecule has 1 amide bonds. The standard InChI is InChI=1S/C15H21N3O2/c1-11-7-5-6-8-13(11)18-12(9-16)10-17-14(19)20-15(2,3)4/h5-8,12,18H,10H2,1-4H3,(H,17,19). The van der Waals surface area contributed by atoms with Crippen LogP contribution < -0.4 is 10.6 Å². The molecule has 0 aromatic heterocycles. The van der Waals surface area contributed by atoms with Gasteiger partial charge in [-0.1, -0.05) is 18.2 Å². The van der Waals surface area contributed by atoms with E-state index in [9.17, 15) is 4.79 Å². The minimum atomic E-state index is -0.546. The Morgan fingerprint density at radius 2 is 2.05 bits per heavy atom. The second kappa shape index (κ2) is 6.80. The van der Waals surface area contributed by atoms with Gasteiger partial charge in [0.1, 0.15) is 11.6 Å². The Balaban J connectivity index is 2.51. The summed E-state index contributed by atoms with van der Waals surface area (Å²) in [5.74, 6) is 0. The second-order valence-electron chi connectivity index (χ2n) is 5.52. The molecule has 0 spiro atoms. The SMILES string of the molecule is Cc1ccccc1NC(C#N)CNC(=O)OC(C)(C)C. The lowest BCUT2D eigenvalue weighted by atomic mass is 10.2. The number of hydrogen-bond acceptors (Lipinski definition) is 4. The first-order chi connectivity index (χ1) is 9.31. The van der Waals surface area contributed by atoms with E-state index >= 15 is 0 Å². The van der Waals surface area contributed by atoms with Gasteiger partial charge in [0, 0.05) is 5.69 Å². The van der Waals surface area contributed by atoms with Crippen molar-refractivity contribution < 1.29 is 9.53 Å². The van der Waals surface area contributed by atoms with Gasteiger partial charge in [-0.2, -0.15) is 5.26 Å². The highest BCUT2D eigenvalue weighted by molar-refractivity contribution is 5.68. The van der Waals surface area contributed by atoms with Crippen LogP contribution in [0.5, 0.6) is 0 Å². The van der Waals surface area contributed by atoms with Crippen LogP contribution in [0.1, 0.15) is 26.3 Å². The van der Waals surface area contributed by atoms with E-state index in [1.165, 1.54) is 0 Å². The van der Waals surface area contributed by atoms with Crippen molar-refractivity contribution in [3.05, 3.63) is 29.8 Å². The lowest BCUT2D eigenvalue weighted by Crippen LogP contribution is -2.39. The Morgan fingerprint density at radius 1 is 1.40 bits per heavy atom. The number of nitrogens with one attached hydrogen (secondary N) is 2. The van der Waals surface area contributed by atoms with E-state index in [4.69, 9.17) is 10.00 Å². The van der Waals surface area contributed by atoms with Gasteiger partial charge >= 0.3 is 6.09 Å². The topological polar surface area (TPSA) is 74.2 Å². The lowest BCUT2D eigenvalue weighted by molar-refractivity contribution is 0.0527. The third-order valence-corrected chi connectivity index (χ3v) is 2.48. The number of carbonyl (C=O) groups is 1. The number of alkyl carbamates (subject to hydrolysis) is 1. The number of amides is 1. The number of aryl methyl sites for hydroxylation is 1. The number of hydrogen-bond donors (Lipinski definition) is 2. The van der Waals surface area contributed by atoms with Gasteiger partial charge in [-0.15, -0.1) is 0 Å². The maximum atomic E-state index is 11.5. The molecule has 1 aromatic carbocycles. The highest BCUT2D eigenvalue weighted by atomic mass is 16.6. The average molecular weight is 275 g/mol. The minimum Gasteiger partial charge on any atom is -0.444 e. The van der Waals surface area contributed by atoms with Crippen LogP contribution in [-0.4, -0.2) is 24.3 Å². The van der Waals surface area contributed by atoms with E-state index in [2.05, 4.69) is 16.7 Å². The zero-order chi connectivity index (χ0) is 15.2. The average Bonchev–Trinajstić information content (AvgIpc) is 2.34. The molecular formula is C15H21N3O2. The van der Waals surface area contributed by atoms with Gasteiger partial charge in [0.2, 0.25) is 0 Å². The summed E-state index contributed by atoms with van der Waals surface area (Å²) in [6.45, 7) is 7.51. The van der Waals surface area contributed by atoms with Gasteiger partial charge in [0.15, 0.2) is 0 Å². The number of rotatable bonds is 4. The molecule has 5 nitrogen and oxygen atoms in total. The van der Waals surface area contributed by atoms with Gasteiger partial charge in [-0.3, -0.25) is 0 Å². The van der Waals surface area contributed by atoms with Gasteiger partial charge in [-0.25, -0.2) is 4.79 Å². The Hall–Kier alpha value is -2.22. The number of para-hydroxylation sites is 1. The van der Waals surface area contributed by atoms with Crippen molar-refractivity contribution in [2.75, 3.05) is 11.9 Å². The molecule has 0 aliphatic heterocycles. The first-order valence-electron chi connectivity index (χ1n) is 6.50. The number of nitrogens with zero attached hydrogens (tertiary/aromatic N) is 1. The molecule has 1 atom stereocenters. The number of ether oxygens (including phenoxy) is 1. The zero-order valence-electron chi connectivity index (χ0n) is 12.4. The molecule has 0 radical (unpaired) electrons. The maximum absolute atomic E-state index is 11.5. The fourth-order valence-corrected chi connectivity index (χ4v) is 1.55. The molecule has 0 fully saturated rings. The first kappa shape index (κ1) is 15.8. The van der Waals surface area contributed by atoms with Gasteiger partial charge in [0.25, 0.3) is 0 Å². The van der Waals surface area contributed by atoms with Gasteiger partial charge in [0.05, 0.1) is 12.6 Å². The molecule has 0 saturated carbocycles. The molecule has 5 heteroatoms. The van der Waals surface area contributed by atoms with Crippen molar-refractivity contribution in [2.45, 2.75) is 39.3 Å². The molecule has 1 aromatic rings. The van der Waals surface area contributed by atoms with Crippen LogP contribution in [-0.2, 0) is 4.74 Å². The van der Waals surface area contributed by atoms with Crippen LogP contribution in [0, 0.1) is 18.3 Å². The summed E-state index contributed by atoms with van der Waals surface area (Å²) in [5, 5.41) is 14.8. The number of benzene rings is 1. The number of carbonyl (C=O) groups excluding carboxylic acids is 1. The van der Waals surface area contributed by atoms with Crippen LogP contribution >= 0.6 is 0 Å². The highest BCUT2D eigenvalue weighted by Gasteiger charge is 2.17. The highest BCUT2D eigenvalue weighted by Crippen LogP contribution is 2.14. The number of anilines is 1. The smallest absolute Gasteiger partial charge is 0.407 e. The van der Waals surface area contributed by atoms with Crippen LogP contribution in [0.25, 0.3) is 0 Å². The zero-order valence-corrected chi connectivity index (χ0v) is 12.4. The minimum absolute atomic E-state index is 0.180. The molecule has 0 saturated heterocycles. The van der Waals surface area contributed by atoms with Crippen LogP contribution in [0.15, 0.2) is 24.3 Å². The fourth-order valence-electron chi connectivity index (χ4n) is 1.55. The molecule has 2 N–H and O–H groups in total. The predicted octanol–water partition coefficient (Wildman–Crippen LogP) is 2.82. The van der Waals surface area contributed by atoms with Crippen molar-refractivity contribution >= 4 is 11.8 Å². The summed E-state index contributed by atoms with van der Waals surface area (Å²) in [7, 11) is 0. The molecular weight excluding hydrogens is 254 g/mol. The summed E-state index contributed by atoms with van der Waals surface area (Å²) < 4.78 is 5.12. The molecule has 0 heterocycles. The third-order valence-electron chi connectivity index (χ3n) is 2.48. The molecule has 1 rings (SSSR count). The molecule has 20 heavy (non-hydrogen) atoms. The first-order valence-corrected chi connectivity index (χ1v) is 6.50. The van der Waals surface area contributed by atoms with E-state index in [0.29, 0.717) is 0 Å². The van der Waals surface area contributed by atoms with Crippen LogP contribution in [0.4, 0.5) is 10.5 Å². The number of nitriles is 1. The van der Waals surface area contributed by atoms with Crippen molar-refractivity contribution in [3.8, 4) is 6.07 Å². The van der Waals surface area contributed by atoms with E-state index in [1.54, 1.807) is 20.8 Å². The third kappa shape index (κ3) is 5.61. The summed E-state index contributed by atoms with van der Waals surface area (Å²) in [6.07, 6.45) is -0.524. The van der Waals surface area contributed by atoms with E-state index < -0.39 is 17.7 Å². The molecule has 0 aliphatic rings. The summed E-state index contributed by atoms with van der Waals surface area (Å²) in [5.41, 5.74) is 1.38. The monoisotopic (exact) mass is 275 g/mol. The molecule has 0 aliphatic carbocycles. The fraction of sp³-hybridized carbons (Fsp3) is 0.467. The van der Waals surface area contributed by atoms with Gasteiger partial charge in [-0.05, 0) is 39.3 Å². The van der Waals surface area contributed by atoms with Crippen molar-refractivity contribution in [1.82, 2.24) is 5.32 Å².